The van der Waals surface area contributed by atoms with Crippen LogP contribution in [0, 0.1) is 0 Å². The van der Waals surface area contributed by atoms with Gasteiger partial charge < -0.3 is 5.32 Å². The Balaban J connectivity index is 2.54. The Bertz CT molecular complexity index is 646. The van der Waals surface area contributed by atoms with Gasteiger partial charge in [-0.1, -0.05) is 18.2 Å². The molecule has 1 aromatic heterocycles. The van der Waals surface area contributed by atoms with Crippen LogP contribution in [0.4, 0.5) is 0 Å². The summed E-state index contributed by atoms with van der Waals surface area (Å²) in [4.78, 5) is 23.5. The fraction of sp³-hybridized carbons (Fsp3) is 0.308. The number of carbonyl (C=O) groups is 1. The summed E-state index contributed by atoms with van der Waals surface area (Å²) in [6.07, 6.45) is 0.183. The zero-order valence-electron chi connectivity index (χ0n) is 10.4. The highest BCUT2D eigenvalue weighted by Crippen LogP contribution is 2.13. The van der Waals surface area contributed by atoms with Gasteiger partial charge in [-0.2, -0.15) is 5.10 Å². The summed E-state index contributed by atoms with van der Waals surface area (Å²) in [6, 6.07) is 7.21. The molecule has 0 radical (unpaired) electrons. The monoisotopic (exact) mass is 245 g/mol. The molecule has 2 rings (SSSR count). The Labute approximate surface area is 104 Å². The van der Waals surface area contributed by atoms with Gasteiger partial charge in [0.25, 0.3) is 5.56 Å². The van der Waals surface area contributed by atoms with E-state index in [0.29, 0.717) is 17.6 Å². The molecule has 1 heterocycles. The van der Waals surface area contributed by atoms with Gasteiger partial charge in [-0.25, -0.2) is 4.68 Å². The molecule has 94 valence electrons. The van der Waals surface area contributed by atoms with Crippen molar-refractivity contribution in [3.05, 3.63) is 40.3 Å². The van der Waals surface area contributed by atoms with Gasteiger partial charge in [0.15, 0.2) is 0 Å². The van der Waals surface area contributed by atoms with Gasteiger partial charge in [-0.3, -0.25) is 9.59 Å². The van der Waals surface area contributed by atoms with Crippen molar-refractivity contribution >= 4 is 16.7 Å². The number of benzene rings is 1. The quantitative estimate of drug-likeness (QED) is 0.861. The van der Waals surface area contributed by atoms with Gasteiger partial charge in [0, 0.05) is 19.0 Å². The van der Waals surface area contributed by atoms with Gasteiger partial charge in [-0.05, 0) is 13.0 Å². The molecule has 5 heteroatoms. The summed E-state index contributed by atoms with van der Waals surface area (Å²) in [5.41, 5.74) is 0.476. The second-order valence-corrected chi connectivity index (χ2v) is 4.05. The summed E-state index contributed by atoms with van der Waals surface area (Å²) < 4.78 is 1.27. The van der Waals surface area contributed by atoms with E-state index >= 15 is 0 Å². The lowest BCUT2D eigenvalue weighted by Gasteiger charge is -2.07. The Hall–Kier alpha value is -2.17. The lowest BCUT2D eigenvalue weighted by Crippen LogP contribution is -2.27. The molecule has 0 atom stereocenters. The van der Waals surface area contributed by atoms with Crippen molar-refractivity contribution in [3.8, 4) is 0 Å². The Kier molecular flexibility index (Phi) is 3.41. The molecule has 2 aromatic rings. The van der Waals surface area contributed by atoms with Crippen LogP contribution in [0.5, 0.6) is 0 Å². The predicted molar refractivity (Wildman–Crippen MR) is 69.4 cm³/mol. The molecule has 5 nitrogen and oxygen atoms in total. The predicted octanol–water partition coefficient (Wildman–Crippen LogP) is 0.612. The third-order valence-corrected chi connectivity index (χ3v) is 2.73. The highest BCUT2D eigenvalue weighted by atomic mass is 16.1. The number of carbonyl (C=O) groups excluding carboxylic acids is 1. The first kappa shape index (κ1) is 12.3. The SMILES string of the molecule is CCNC(=O)Cc1nn(C)c(=O)c2ccccc12. The number of hydrogen-bond acceptors (Lipinski definition) is 3. The van der Waals surface area contributed by atoms with E-state index in [4.69, 9.17) is 0 Å². The van der Waals surface area contributed by atoms with Crippen molar-refractivity contribution in [2.24, 2.45) is 7.05 Å². The van der Waals surface area contributed by atoms with E-state index in [1.807, 2.05) is 19.1 Å². The summed E-state index contributed by atoms with van der Waals surface area (Å²) in [7, 11) is 1.59. The van der Waals surface area contributed by atoms with Crippen LogP contribution in [0.2, 0.25) is 0 Å². The molecule has 0 aliphatic heterocycles. The average molecular weight is 245 g/mol. The number of aryl methyl sites for hydroxylation is 1. The van der Waals surface area contributed by atoms with E-state index < -0.39 is 0 Å². The molecule has 0 aliphatic rings. The van der Waals surface area contributed by atoms with Crippen LogP contribution in [-0.4, -0.2) is 22.2 Å². The summed E-state index contributed by atoms with van der Waals surface area (Å²) >= 11 is 0. The summed E-state index contributed by atoms with van der Waals surface area (Å²) in [5.74, 6) is -0.0891. The third-order valence-electron chi connectivity index (χ3n) is 2.73. The number of rotatable bonds is 3. The maximum absolute atomic E-state index is 11.9. The highest BCUT2D eigenvalue weighted by Gasteiger charge is 2.11. The first-order chi connectivity index (χ1) is 8.63. The van der Waals surface area contributed by atoms with E-state index in [1.54, 1.807) is 19.2 Å². The standard InChI is InChI=1S/C13H15N3O2/c1-3-14-12(17)8-11-9-6-4-5-7-10(9)13(18)16(2)15-11/h4-7H,3,8H2,1-2H3,(H,14,17). The zero-order chi connectivity index (χ0) is 13.1. The molecule has 1 N–H and O–H groups in total. The topological polar surface area (TPSA) is 64.0 Å². The zero-order valence-corrected chi connectivity index (χ0v) is 10.4. The molecule has 0 bridgehead atoms. The Morgan fingerprint density at radius 2 is 2.00 bits per heavy atom. The van der Waals surface area contributed by atoms with Crippen molar-refractivity contribution in [3.63, 3.8) is 0 Å². The van der Waals surface area contributed by atoms with Gasteiger partial charge in [0.1, 0.15) is 0 Å². The highest BCUT2D eigenvalue weighted by molar-refractivity contribution is 5.88. The number of nitrogens with one attached hydrogen (secondary N) is 1. The second-order valence-electron chi connectivity index (χ2n) is 4.05. The molecule has 18 heavy (non-hydrogen) atoms. The van der Waals surface area contributed by atoms with Crippen LogP contribution in [0.25, 0.3) is 10.8 Å². The maximum Gasteiger partial charge on any atom is 0.274 e. The van der Waals surface area contributed by atoms with Crippen molar-refractivity contribution < 1.29 is 4.79 Å². The number of aromatic nitrogens is 2. The smallest absolute Gasteiger partial charge is 0.274 e. The minimum Gasteiger partial charge on any atom is -0.356 e. The van der Waals surface area contributed by atoms with E-state index in [9.17, 15) is 9.59 Å². The molecule has 0 aliphatic carbocycles. The van der Waals surface area contributed by atoms with E-state index in [2.05, 4.69) is 10.4 Å². The van der Waals surface area contributed by atoms with Crippen molar-refractivity contribution in [2.75, 3.05) is 6.54 Å². The first-order valence-electron chi connectivity index (χ1n) is 5.85. The van der Waals surface area contributed by atoms with Crippen LogP contribution in [0.15, 0.2) is 29.1 Å². The van der Waals surface area contributed by atoms with Crippen LogP contribution >= 0.6 is 0 Å². The minimum atomic E-state index is -0.148. The maximum atomic E-state index is 11.9. The van der Waals surface area contributed by atoms with Gasteiger partial charge >= 0.3 is 0 Å². The molecule has 0 spiro atoms. The number of nitrogens with zero attached hydrogens (tertiary/aromatic N) is 2. The van der Waals surface area contributed by atoms with Crippen LogP contribution in [0.1, 0.15) is 12.6 Å². The van der Waals surface area contributed by atoms with E-state index in [1.165, 1.54) is 4.68 Å². The summed E-state index contributed by atoms with van der Waals surface area (Å²) in [5, 5.41) is 8.23. The summed E-state index contributed by atoms with van der Waals surface area (Å²) in [6.45, 7) is 2.45. The van der Waals surface area contributed by atoms with Crippen LogP contribution in [-0.2, 0) is 18.3 Å². The van der Waals surface area contributed by atoms with Gasteiger partial charge in [0.2, 0.25) is 5.91 Å². The first-order valence-corrected chi connectivity index (χ1v) is 5.85. The van der Waals surface area contributed by atoms with Crippen molar-refractivity contribution in [2.45, 2.75) is 13.3 Å². The molecular weight excluding hydrogens is 230 g/mol. The van der Waals surface area contributed by atoms with E-state index in [-0.39, 0.29) is 17.9 Å². The molecule has 0 saturated carbocycles. The number of hydrogen-bond donors (Lipinski definition) is 1. The lowest BCUT2D eigenvalue weighted by molar-refractivity contribution is -0.120. The molecular formula is C13H15N3O2. The second kappa shape index (κ2) is 5.00. The number of likely N-dealkylation sites (N-methyl/N-ethyl adjacent to an activating group) is 1. The molecule has 0 unspecified atom stereocenters. The van der Waals surface area contributed by atoms with Crippen molar-refractivity contribution in [1.29, 1.82) is 0 Å². The van der Waals surface area contributed by atoms with Gasteiger partial charge in [-0.15, -0.1) is 0 Å². The van der Waals surface area contributed by atoms with Crippen molar-refractivity contribution in [1.82, 2.24) is 15.1 Å². The van der Waals surface area contributed by atoms with Gasteiger partial charge in [0.05, 0.1) is 17.5 Å². The largest absolute Gasteiger partial charge is 0.356 e. The Morgan fingerprint density at radius 3 is 2.67 bits per heavy atom. The molecule has 1 amide bonds. The number of fused-ring (bicyclic) bond motifs is 1. The lowest BCUT2D eigenvalue weighted by atomic mass is 10.1. The molecule has 0 saturated heterocycles. The fourth-order valence-electron chi connectivity index (χ4n) is 1.92. The molecule has 0 fully saturated rings. The third kappa shape index (κ3) is 2.25. The number of amides is 1. The average Bonchev–Trinajstić information content (AvgIpc) is 2.36. The Morgan fingerprint density at radius 1 is 1.33 bits per heavy atom. The molecule has 1 aromatic carbocycles. The normalized spacial score (nSPS) is 10.6. The van der Waals surface area contributed by atoms with Crippen LogP contribution in [0.3, 0.4) is 0 Å². The minimum absolute atomic E-state index is 0.0891. The van der Waals surface area contributed by atoms with E-state index in [0.717, 1.165) is 5.39 Å². The van der Waals surface area contributed by atoms with Crippen LogP contribution < -0.4 is 10.9 Å². The fourth-order valence-corrected chi connectivity index (χ4v) is 1.92.